The number of pyridine rings is 1. The second-order valence-electron chi connectivity index (χ2n) is 7.29. The molecule has 2 aliphatic rings. The monoisotopic (exact) mass is 355 g/mol. The summed E-state index contributed by atoms with van der Waals surface area (Å²) in [6.45, 7) is 2.16. The molecule has 1 amide bonds. The average Bonchev–Trinajstić information content (AvgIpc) is 3.27. The number of hydrogen-bond acceptors (Lipinski definition) is 5. The van der Waals surface area contributed by atoms with Crippen LogP contribution in [-0.2, 0) is 11.8 Å². The summed E-state index contributed by atoms with van der Waals surface area (Å²) in [4.78, 5) is 18.9. The van der Waals surface area contributed by atoms with Crippen LogP contribution in [0.1, 0.15) is 36.0 Å². The third-order valence-electron chi connectivity index (χ3n) is 5.31. The van der Waals surface area contributed by atoms with Crippen molar-refractivity contribution in [3.05, 3.63) is 42.4 Å². The molecule has 0 saturated carbocycles. The van der Waals surface area contributed by atoms with E-state index in [4.69, 9.17) is 4.74 Å². The number of nitrogens with one attached hydrogen (secondary N) is 1. The zero-order valence-corrected chi connectivity index (χ0v) is 15.1. The van der Waals surface area contributed by atoms with Crippen molar-refractivity contribution in [2.45, 2.75) is 37.4 Å². The second kappa shape index (κ2) is 7.07. The maximum atomic E-state index is 12.7. The van der Waals surface area contributed by atoms with E-state index >= 15 is 0 Å². The molecule has 0 bridgehead atoms. The van der Waals surface area contributed by atoms with E-state index in [1.165, 1.54) is 0 Å². The molecule has 0 radical (unpaired) electrons. The van der Waals surface area contributed by atoms with Crippen molar-refractivity contribution in [3.8, 4) is 0 Å². The fraction of sp³-hybridized carbons (Fsp3) is 0.526. The average molecular weight is 355 g/mol. The molecule has 2 saturated heterocycles. The molecule has 7 nitrogen and oxygen atoms in total. The number of ether oxygens (including phenoxy) is 1. The number of amides is 1. The number of likely N-dealkylation sites (tertiary alicyclic amines) is 1. The number of carbonyl (C=O) groups is 1. The molecular weight excluding hydrogens is 330 g/mol. The predicted molar refractivity (Wildman–Crippen MR) is 97.9 cm³/mol. The summed E-state index contributed by atoms with van der Waals surface area (Å²) in [5, 5.41) is 7.46. The highest BCUT2D eigenvalue weighted by Gasteiger charge is 2.44. The van der Waals surface area contributed by atoms with E-state index in [0.717, 1.165) is 44.6 Å². The number of nitrogens with zero attached hydrogens (tertiary/aromatic N) is 4. The molecule has 0 aliphatic carbocycles. The summed E-state index contributed by atoms with van der Waals surface area (Å²) in [7, 11) is 1.83. The number of hydrogen-bond donors (Lipinski definition) is 1. The van der Waals surface area contributed by atoms with Crippen LogP contribution in [0.2, 0.25) is 0 Å². The molecule has 1 spiro atoms. The van der Waals surface area contributed by atoms with E-state index in [1.54, 1.807) is 23.3 Å². The lowest BCUT2D eigenvalue weighted by molar-refractivity contribution is -0.114. The largest absolute Gasteiger partial charge is 0.368 e. The van der Waals surface area contributed by atoms with Crippen LogP contribution in [0.4, 0.5) is 5.82 Å². The van der Waals surface area contributed by atoms with Gasteiger partial charge in [0.1, 0.15) is 5.82 Å². The maximum absolute atomic E-state index is 12.7. The first kappa shape index (κ1) is 17.0. The molecule has 26 heavy (non-hydrogen) atoms. The summed E-state index contributed by atoms with van der Waals surface area (Å²) >= 11 is 0. The Hall–Kier alpha value is -2.41. The summed E-state index contributed by atoms with van der Waals surface area (Å²) < 4.78 is 8.14. The Morgan fingerprint density at radius 1 is 1.42 bits per heavy atom. The fourth-order valence-electron chi connectivity index (χ4n) is 3.99. The summed E-state index contributed by atoms with van der Waals surface area (Å²) in [6, 6.07) is 5.84. The summed E-state index contributed by atoms with van der Waals surface area (Å²) in [5.74, 6) is 0.919. The molecule has 2 fully saturated rings. The maximum Gasteiger partial charge on any atom is 0.257 e. The standard InChI is InChI=1S/C19H25N5O2/c1-23-13-15(11-22-23)18(25)24-10-8-19(14-24)7-4-5-16(26-19)12-21-17-6-2-3-9-20-17/h2-3,6,9,11,13,16H,4-5,7-8,10,12,14H2,1H3,(H,20,21)/t16-,19-/m1/s1. The van der Waals surface area contributed by atoms with Crippen LogP contribution in [0, 0.1) is 0 Å². The van der Waals surface area contributed by atoms with Crippen molar-refractivity contribution < 1.29 is 9.53 Å². The summed E-state index contributed by atoms with van der Waals surface area (Å²) in [6.07, 6.45) is 9.43. The third-order valence-corrected chi connectivity index (χ3v) is 5.31. The van der Waals surface area contributed by atoms with Gasteiger partial charge in [0.05, 0.1) is 30.0 Å². The Kier molecular flexibility index (Phi) is 4.63. The molecule has 2 aromatic heterocycles. The molecule has 2 aliphatic heterocycles. The van der Waals surface area contributed by atoms with Gasteiger partial charge in [0.25, 0.3) is 5.91 Å². The molecule has 0 unspecified atom stereocenters. The van der Waals surface area contributed by atoms with E-state index < -0.39 is 0 Å². The molecule has 2 atom stereocenters. The van der Waals surface area contributed by atoms with E-state index in [-0.39, 0.29) is 17.6 Å². The van der Waals surface area contributed by atoms with Gasteiger partial charge in [-0.2, -0.15) is 5.10 Å². The van der Waals surface area contributed by atoms with Crippen LogP contribution in [-0.4, -0.2) is 56.9 Å². The molecule has 4 rings (SSSR count). The SMILES string of the molecule is Cn1cc(C(=O)N2CC[C@]3(CCC[C@H](CNc4ccccn4)O3)C2)cn1. The van der Waals surface area contributed by atoms with Crippen molar-refractivity contribution in [3.63, 3.8) is 0 Å². The number of rotatable bonds is 4. The van der Waals surface area contributed by atoms with Crippen LogP contribution in [0.15, 0.2) is 36.8 Å². The Balaban J connectivity index is 1.35. The van der Waals surface area contributed by atoms with Gasteiger partial charge in [-0.15, -0.1) is 0 Å². The van der Waals surface area contributed by atoms with Gasteiger partial charge in [-0.25, -0.2) is 4.98 Å². The van der Waals surface area contributed by atoms with Gasteiger partial charge in [-0.3, -0.25) is 9.48 Å². The van der Waals surface area contributed by atoms with Crippen molar-refractivity contribution in [1.82, 2.24) is 19.7 Å². The molecule has 0 aromatic carbocycles. The van der Waals surface area contributed by atoms with Crippen molar-refractivity contribution in [2.75, 3.05) is 25.0 Å². The quantitative estimate of drug-likeness (QED) is 0.909. The van der Waals surface area contributed by atoms with Crippen LogP contribution < -0.4 is 5.32 Å². The molecule has 2 aromatic rings. The summed E-state index contributed by atoms with van der Waals surface area (Å²) in [5.41, 5.74) is 0.445. The highest BCUT2D eigenvalue weighted by Crippen LogP contribution is 2.37. The van der Waals surface area contributed by atoms with Crippen molar-refractivity contribution in [2.24, 2.45) is 7.05 Å². The van der Waals surface area contributed by atoms with Gasteiger partial charge in [0, 0.05) is 32.5 Å². The fourth-order valence-corrected chi connectivity index (χ4v) is 3.99. The Morgan fingerprint density at radius 3 is 3.12 bits per heavy atom. The Labute approximate surface area is 153 Å². The molecule has 138 valence electrons. The van der Waals surface area contributed by atoms with Gasteiger partial charge in [0.2, 0.25) is 0 Å². The number of aromatic nitrogens is 3. The van der Waals surface area contributed by atoms with Crippen molar-refractivity contribution in [1.29, 1.82) is 0 Å². The van der Waals surface area contributed by atoms with Crippen LogP contribution >= 0.6 is 0 Å². The van der Waals surface area contributed by atoms with E-state index in [9.17, 15) is 4.79 Å². The lowest BCUT2D eigenvalue weighted by Gasteiger charge is -2.38. The highest BCUT2D eigenvalue weighted by molar-refractivity contribution is 5.94. The first-order valence-corrected chi connectivity index (χ1v) is 9.24. The van der Waals surface area contributed by atoms with Crippen LogP contribution in [0.3, 0.4) is 0 Å². The van der Waals surface area contributed by atoms with Crippen LogP contribution in [0.5, 0.6) is 0 Å². The molecular formula is C19H25N5O2. The van der Waals surface area contributed by atoms with Gasteiger partial charge < -0.3 is 15.0 Å². The zero-order valence-electron chi connectivity index (χ0n) is 15.1. The minimum Gasteiger partial charge on any atom is -0.368 e. The molecule has 7 heteroatoms. The predicted octanol–water partition coefficient (Wildman–Crippen LogP) is 2.08. The highest BCUT2D eigenvalue weighted by atomic mass is 16.5. The van der Waals surface area contributed by atoms with Crippen LogP contribution in [0.25, 0.3) is 0 Å². The van der Waals surface area contributed by atoms with E-state index in [1.807, 2.05) is 30.1 Å². The van der Waals surface area contributed by atoms with Crippen molar-refractivity contribution >= 4 is 11.7 Å². The number of aryl methyl sites for hydroxylation is 1. The van der Waals surface area contributed by atoms with Gasteiger partial charge in [-0.1, -0.05) is 6.07 Å². The van der Waals surface area contributed by atoms with E-state index in [2.05, 4.69) is 15.4 Å². The van der Waals surface area contributed by atoms with Gasteiger partial charge >= 0.3 is 0 Å². The van der Waals surface area contributed by atoms with Gasteiger partial charge in [-0.05, 0) is 37.8 Å². The first-order valence-electron chi connectivity index (χ1n) is 9.24. The normalized spacial score (nSPS) is 25.6. The number of anilines is 1. The Morgan fingerprint density at radius 2 is 2.35 bits per heavy atom. The minimum absolute atomic E-state index is 0.0484. The third kappa shape index (κ3) is 3.58. The lowest BCUT2D eigenvalue weighted by Crippen LogP contribution is -2.45. The van der Waals surface area contributed by atoms with Gasteiger partial charge in [0.15, 0.2) is 0 Å². The Bertz CT molecular complexity index is 762. The topological polar surface area (TPSA) is 72.3 Å². The number of carbonyl (C=O) groups excluding carboxylic acids is 1. The van der Waals surface area contributed by atoms with E-state index in [0.29, 0.717) is 12.1 Å². The zero-order chi connectivity index (χ0) is 18.0. The smallest absolute Gasteiger partial charge is 0.257 e. The first-order chi connectivity index (χ1) is 12.6. The lowest BCUT2D eigenvalue weighted by atomic mass is 9.90. The molecule has 1 N–H and O–H groups in total. The molecule has 4 heterocycles. The second-order valence-corrected chi connectivity index (χ2v) is 7.29. The minimum atomic E-state index is -0.202.